The van der Waals surface area contributed by atoms with Crippen molar-refractivity contribution < 1.29 is 29.0 Å². The molecule has 1 aliphatic heterocycles. The highest BCUT2D eigenvalue weighted by Gasteiger charge is 2.43. The van der Waals surface area contributed by atoms with Gasteiger partial charge in [0.25, 0.3) is 0 Å². The maximum absolute atomic E-state index is 13.2. The SMILES string of the molecule is COC1CC(C(=O)O)N(C(=O)[C@@H](NC(=O)OCC2c3ccccc3-c3ccccc32)C(C)C)C1. The summed E-state index contributed by atoms with van der Waals surface area (Å²) >= 11 is 0. The van der Waals surface area contributed by atoms with Gasteiger partial charge in [0.2, 0.25) is 5.91 Å². The Morgan fingerprint density at radius 3 is 2.18 bits per heavy atom. The highest BCUT2D eigenvalue weighted by atomic mass is 16.5. The van der Waals surface area contributed by atoms with Crippen LogP contribution in [-0.2, 0) is 19.1 Å². The predicted octanol–water partition coefficient (Wildman–Crippen LogP) is 3.25. The molecule has 1 aliphatic carbocycles. The summed E-state index contributed by atoms with van der Waals surface area (Å²) in [6.45, 7) is 3.89. The highest BCUT2D eigenvalue weighted by molar-refractivity contribution is 5.90. The van der Waals surface area contributed by atoms with Crippen LogP contribution in [-0.4, -0.2) is 66.4 Å². The number of benzene rings is 2. The molecule has 180 valence electrons. The molecular formula is C26H30N2O6. The number of nitrogens with one attached hydrogen (secondary N) is 1. The molecule has 0 radical (unpaired) electrons. The molecule has 8 heteroatoms. The number of rotatable bonds is 7. The van der Waals surface area contributed by atoms with Crippen molar-refractivity contribution in [1.29, 1.82) is 0 Å². The number of carbonyl (C=O) groups is 3. The van der Waals surface area contributed by atoms with Gasteiger partial charge in [-0.1, -0.05) is 62.4 Å². The third-order valence-corrected chi connectivity index (χ3v) is 6.71. The van der Waals surface area contributed by atoms with Gasteiger partial charge in [0.05, 0.1) is 6.10 Å². The minimum Gasteiger partial charge on any atom is -0.480 e. The molecule has 2 unspecified atom stereocenters. The van der Waals surface area contributed by atoms with E-state index in [1.807, 2.05) is 36.4 Å². The Labute approximate surface area is 198 Å². The van der Waals surface area contributed by atoms with Crippen LogP contribution in [0.15, 0.2) is 48.5 Å². The Balaban J connectivity index is 1.44. The molecule has 2 N–H and O–H groups in total. The molecule has 0 saturated carbocycles. The molecule has 1 fully saturated rings. The number of fused-ring (bicyclic) bond motifs is 3. The van der Waals surface area contributed by atoms with E-state index in [4.69, 9.17) is 9.47 Å². The fourth-order valence-electron chi connectivity index (χ4n) is 4.91. The molecular weight excluding hydrogens is 436 g/mol. The third-order valence-electron chi connectivity index (χ3n) is 6.71. The first-order chi connectivity index (χ1) is 16.3. The number of carboxylic acid groups (broad SMARTS) is 1. The summed E-state index contributed by atoms with van der Waals surface area (Å²) in [4.78, 5) is 38.9. The van der Waals surface area contributed by atoms with Gasteiger partial charge in [0.1, 0.15) is 18.7 Å². The third kappa shape index (κ3) is 4.50. The van der Waals surface area contributed by atoms with Gasteiger partial charge in [-0.3, -0.25) is 4.79 Å². The Morgan fingerprint density at radius 1 is 1.06 bits per heavy atom. The van der Waals surface area contributed by atoms with Crippen LogP contribution in [0, 0.1) is 5.92 Å². The van der Waals surface area contributed by atoms with Crippen LogP contribution < -0.4 is 5.32 Å². The lowest BCUT2D eigenvalue weighted by atomic mass is 9.98. The lowest BCUT2D eigenvalue weighted by molar-refractivity contribution is -0.149. The second kappa shape index (κ2) is 9.85. The fourth-order valence-corrected chi connectivity index (χ4v) is 4.91. The molecule has 8 nitrogen and oxygen atoms in total. The summed E-state index contributed by atoms with van der Waals surface area (Å²) in [6, 6.07) is 14.2. The van der Waals surface area contributed by atoms with E-state index >= 15 is 0 Å². The van der Waals surface area contributed by atoms with E-state index in [9.17, 15) is 19.5 Å². The van der Waals surface area contributed by atoms with Gasteiger partial charge in [-0.15, -0.1) is 0 Å². The van der Waals surface area contributed by atoms with Crippen molar-refractivity contribution in [2.45, 2.75) is 44.4 Å². The molecule has 1 heterocycles. The summed E-state index contributed by atoms with van der Waals surface area (Å²) < 4.78 is 10.9. The number of hydrogen-bond acceptors (Lipinski definition) is 5. The molecule has 3 atom stereocenters. The topological polar surface area (TPSA) is 105 Å². The van der Waals surface area contributed by atoms with E-state index in [-0.39, 0.29) is 37.5 Å². The summed E-state index contributed by atoms with van der Waals surface area (Å²) in [5.41, 5.74) is 4.45. The van der Waals surface area contributed by atoms with Crippen molar-refractivity contribution in [3.63, 3.8) is 0 Å². The number of carbonyl (C=O) groups excluding carboxylic acids is 2. The first-order valence-electron chi connectivity index (χ1n) is 11.5. The number of hydrogen-bond donors (Lipinski definition) is 2. The van der Waals surface area contributed by atoms with Crippen LogP contribution in [0.5, 0.6) is 0 Å². The minimum atomic E-state index is -1.09. The largest absolute Gasteiger partial charge is 0.480 e. The van der Waals surface area contributed by atoms with Crippen molar-refractivity contribution in [1.82, 2.24) is 10.2 Å². The minimum absolute atomic E-state index is 0.0937. The molecule has 2 aromatic rings. The summed E-state index contributed by atoms with van der Waals surface area (Å²) in [5.74, 6) is -1.89. The predicted molar refractivity (Wildman–Crippen MR) is 125 cm³/mol. The van der Waals surface area contributed by atoms with Gasteiger partial charge < -0.3 is 24.8 Å². The zero-order valence-corrected chi connectivity index (χ0v) is 19.6. The first-order valence-corrected chi connectivity index (χ1v) is 11.5. The monoisotopic (exact) mass is 466 g/mol. The molecule has 0 aromatic heterocycles. The maximum Gasteiger partial charge on any atom is 0.407 e. The quantitative estimate of drug-likeness (QED) is 0.649. The van der Waals surface area contributed by atoms with E-state index in [2.05, 4.69) is 17.4 Å². The first kappa shape index (κ1) is 23.8. The van der Waals surface area contributed by atoms with Crippen LogP contribution in [0.25, 0.3) is 11.1 Å². The molecule has 34 heavy (non-hydrogen) atoms. The van der Waals surface area contributed by atoms with E-state index < -0.39 is 30.1 Å². The van der Waals surface area contributed by atoms with Crippen LogP contribution >= 0.6 is 0 Å². The van der Waals surface area contributed by atoms with Crippen molar-refractivity contribution >= 4 is 18.0 Å². The Kier molecular flexibility index (Phi) is 6.88. The van der Waals surface area contributed by atoms with Gasteiger partial charge in [-0.25, -0.2) is 9.59 Å². The van der Waals surface area contributed by atoms with E-state index in [1.165, 1.54) is 12.0 Å². The normalized spacial score (nSPS) is 20.1. The molecule has 4 rings (SSSR count). The molecule has 0 bridgehead atoms. The Morgan fingerprint density at radius 2 is 1.65 bits per heavy atom. The van der Waals surface area contributed by atoms with E-state index in [0.717, 1.165) is 22.3 Å². The van der Waals surface area contributed by atoms with E-state index in [0.29, 0.717) is 0 Å². The average Bonchev–Trinajstić information content (AvgIpc) is 3.40. The number of likely N-dealkylation sites (tertiary alicyclic amines) is 1. The summed E-state index contributed by atoms with van der Waals surface area (Å²) in [5, 5.41) is 12.2. The van der Waals surface area contributed by atoms with Crippen molar-refractivity contribution in [3.05, 3.63) is 59.7 Å². The molecule has 2 amide bonds. The zero-order valence-electron chi connectivity index (χ0n) is 19.6. The highest BCUT2D eigenvalue weighted by Crippen LogP contribution is 2.44. The number of aliphatic carboxylic acids is 1. The summed E-state index contributed by atoms with van der Waals surface area (Å²) in [7, 11) is 1.49. The lowest BCUT2D eigenvalue weighted by Crippen LogP contribution is -2.54. The lowest BCUT2D eigenvalue weighted by Gasteiger charge is -2.29. The van der Waals surface area contributed by atoms with Crippen molar-refractivity contribution in [3.8, 4) is 11.1 Å². The smallest absolute Gasteiger partial charge is 0.407 e. The number of ether oxygens (including phenoxy) is 2. The fraction of sp³-hybridized carbons (Fsp3) is 0.423. The average molecular weight is 467 g/mol. The standard InChI is InChI=1S/C26H30N2O6/c1-15(2)23(24(29)28-13-16(33-3)12-22(28)25(30)31)27-26(32)34-14-21-19-10-6-4-8-17(19)18-9-5-7-11-20(18)21/h4-11,15-16,21-23H,12-14H2,1-3H3,(H,27,32)(H,30,31)/t16?,22?,23-/m0/s1. The second-order valence-electron chi connectivity index (χ2n) is 9.13. The number of nitrogens with zero attached hydrogens (tertiary/aromatic N) is 1. The van der Waals surface area contributed by atoms with Gasteiger partial charge in [0, 0.05) is 26.0 Å². The number of amides is 2. The van der Waals surface area contributed by atoms with Gasteiger partial charge in [-0.2, -0.15) is 0 Å². The van der Waals surface area contributed by atoms with Crippen LogP contribution in [0.3, 0.4) is 0 Å². The van der Waals surface area contributed by atoms with Crippen LogP contribution in [0.1, 0.15) is 37.3 Å². The van der Waals surface area contributed by atoms with Gasteiger partial charge >= 0.3 is 12.1 Å². The second-order valence-corrected chi connectivity index (χ2v) is 9.13. The molecule has 2 aromatic carbocycles. The van der Waals surface area contributed by atoms with Crippen LogP contribution in [0.4, 0.5) is 4.79 Å². The van der Waals surface area contributed by atoms with E-state index in [1.54, 1.807) is 13.8 Å². The van der Waals surface area contributed by atoms with Gasteiger partial charge in [-0.05, 0) is 28.2 Å². The Hall–Kier alpha value is -3.39. The van der Waals surface area contributed by atoms with Crippen LogP contribution in [0.2, 0.25) is 0 Å². The Bertz CT molecular complexity index is 1040. The van der Waals surface area contributed by atoms with Crippen molar-refractivity contribution in [2.24, 2.45) is 5.92 Å². The number of carboxylic acids is 1. The van der Waals surface area contributed by atoms with Gasteiger partial charge in [0.15, 0.2) is 0 Å². The number of alkyl carbamates (subject to hydrolysis) is 1. The molecule has 0 spiro atoms. The molecule has 1 saturated heterocycles. The molecule has 2 aliphatic rings. The number of methoxy groups -OCH3 is 1. The van der Waals surface area contributed by atoms with Crippen molar-refractivity contribution in [2.75, 3.05) is 20.3 Å². The zero-order chi connectivity index (χ0) is 24.4. The summed E-state index contributed by atoms with van der Waals surface area (Å²) in [6.07, 6.45) is -0.844. The maximum atomic E-state index is 13.2.